The zero-order valence-corrected chi connectivity index (χ0v) is 18.1. The van der Waals surface area contributed by atoms with Crippen LogP contribution >= 0.6 is 11.6 Å². The third kappa shape index (κ3) is 5.97. The minimum atomic E-state index is -0.175. The quantitative estimate of drug-likeness (QED) is 0.397. The molecule has 0 radical (unpaired) electrons. The molecule has 0 bridgehead atoms. The Hall–Kier alpha value is -2.56. The van der Waals surface area contributed by atoms with Crippen molar-refractivity contribution >= 4 is 11.6 Å². The molecule has 0 aliphatic rings. The second-order valence-electron chi connectivity index (χ2n) is 7.06. The fraction of sp³-hybridized carbons (Fsp3) is 0.280. The van der Waals surface area contributed by atoms with Crippen molar-refractivity contribution in [3.05, 3.63) is 93.8 Å². The molecule has 0 atom stereocenters. The van der Waals surface area contributed by atoms with E-state index in [9.17, 15) is 4.39 Å². The molecule has 1 N–H and O–H groups in total. The summed E-state index contributed by atoms with van der Waals surface area (Å²) in [6, 6.07) is 18.7. The molecule has 0 saturated carbocycles. The van der Waals surface area contributed by atoms with Crippen LogP contribution in [0.25, 0.3) is 0 Å². The third-order valence-corrected chi connectivity index (χ3v) is 5.25. The lowest BCUT2D eigenvalue weighted by molar-refractivity contribution is 0.268. The first-order chi connectivity index (χ1) is 14.6. The molecule has 3 nitrogen and oxygen atoms in total. The zero-order valence-electron chi connectivity index (χ0n) is 17.4. The molecule has 3 aromatic rings. The number of benzene rings is 3. The van der Waals surface area contributed by atoms with E-state index in [1.54, 1.807) is 18.2 Å². The van der Waals surface area contributed by atoms with E-state index in [0.717, 1.165) is 11.1 Å². The Bertz CT molecular complexity index is 977. The van der Waals surface area contributed by atoms with E-state index in [1.807, 2.05) is 37.3 Å². The molecule has 0 saturated heterocycles. The topological polar surface area (TPSA) is 30.5 Å². The summed E-state index contributed by atoms with van der Waals surface area (Å²) in [7, 11) is 0. The van der Waals surface area contributed by atoms with Crippen molar-refractivity contribution in [2.45, 2.75) is 33.4 Å². The maximum atomic E-state index is 13.7. The Morgan fingerprint density at radius 2 is 1.60 bits per heavy atom. The van der Waals surface area contributed by atoms with Gasteiger partial charge in [-0.3, -0.25) is 0 Å². The van der Waals surface area contributed by atoms with Crippen LogP contribution in [-0.2, 0) is 19.6 Å². The summed E-state index contributed by atoms with van der Waals surface area (Å²) >= 11 is 6.50. The van der Waals surface area contributed by atoms with Gasteiger partial charge in [0.15, 0.2) is 11.5 Å². The van der Waals surface area contributed by atoms with E-state index >= 15 is 0 Å². The molecule has 0 fully saturated rings. The first-order valence-electron chi connectivity index (χ1n) is 10.1. The second kappa shape index (κ2) is 11.0. The van der Waals surface area contributed by atoms with Crippen molar-refractivity contribution < 1.29 is 13.9 Å². The van der Waals surface area contributed by atoms with Gasteiger partial charge in [-0.2, -0.15) is 0 Å². The largest absolute Gasteiger partial charge is 0.490 e. The molecule has 158 valence electrons. The first-order valence-corrected chi connectivity index (χ1v) is 10.5. The highest BCUT2D eigenvalue weighted by Gasteiger charge is 2.12. The molecule has 3 rings (SSSR count). The minimum absolute atomic E-state index is 0.175. The number of hydrogen-bond donors (Lipinski definition) is 1. The van der Waals surface area contributed by atoms with Crippen LogP contribution < -0.4 is 14.8 Å². The van der Waals surface area contributed by atoms with E-state index in [2.05, 4.69) is 18.3 Å². The van der Waals surface area contributed by atoms with Crippen LogP contribution in [0.5, 0.6) is 11.5 Å². The maximum Gasteiger partial charge on any atom is 0.163 e. The number of nitrogens with one attached hydrogen (secondary N) is 1. The molecule has 3 aromatic carbocycles. The first kappa shape index (κ1) is 22.1. The lowest BCUT2D eigenvalue weighted by Gasteiger charge is -2.16. The Morgan fingerprint density at radius 3 is 2.33 bits per heavy atom. The molecule has 5 heteroatoms. The van der Waals surface area contributed by atoms with Crippen LogP contribution in [0.2, 0.25) is 5.02 Å². The van der Waals surface area contributed by atoms with Gasteiger partial charge in [-0.15, -0.1) is 0 Å². The fourth-order valence-electron chi connectivity index (χ4n) is 3.17. The molecule has 0 amide bonds. The van der Waals surface area contributed by atoms with Crippen molar-refractivity contribution in [1.29, 1.82) is 0 Å². The summed E-state index contributed by atoms with van der Waals surface area (Å²) in [6.45, 7) is 6.18. The van der Waals surface area contributed by atoms with E-state index in [1.165, 1.54) is 11.6 Å². The van der Waals surface area contributed by atoms with Gasteiger partial charge < -0.3 is 14.8 Å². The van der Waals surface area contributed by atoms with Gasteiger partial charge in [0.05, 0.1) is 6.61 Å². The number of aryl methyl sites for hydroxylation is 1. The fourth-order valence-corrected chi connectivity index (χ4v) is 3.39. The number of halogens is 2. The van der Waals surface area contributed by atoms with Crippen molar-refractivity contribution in [1.82, 2.24) is 5.32 Å². The van der Waals surface area contributed by atoms with Gasteiger partial charge in [0.2, 0.25) is 0 Å². The molecule has 0 spiro atoms. The van der Waals surface area contributed by atoms with Crippen molar-refractivity contribution in [3.63, 3.8) is 0 Å². The lowest BCUT2D eigenvalue weighted by Crippen LogP contribution is -2.17. The summed E-state index contributed by atoms with van der Waals surface area (Å²) in [4.78, 5) is 0. The predicted molar refractivity (Wildman–Crippen MR) is 120 cm³/mol. The van der Waals surface area contributed by atoms with E-state index in [-0.39, 0.29) is 5.82 Å². The average Bonchev–Trinajstić information content (AvgIpc) is 2.74. The minimum Gasteiger partial charge on any atom is -0.490 e. The SMILES string of the molecule is CCOc1cc(CNCCc2ccccc2F)c(Cl)cc1OCc1ccccc1C. The normalized spacial score (nSPS) is 10.8. The molecule has 0 aliphatic carbocycles. The Balaban J connectivity index is 1.63. The molecule has 0 heterocycles. The Kier molecular flexibility index (Phi) is 8.12. The number of ether oxygens (including phenoxy) is 2. The Labute approximate surface area is 182 Å². The summed E-state index contributed by atoms with van der Waals surface area (Å²) < 4.78 is 25.5. The van der Waals surface area contributed by atoms with Crippen LogP contribution in [-0.4, -0.2) is 13.2 Å². The van der Waals surface area contributed by atoms with Gasteiger partial charge >= 0.3 is 0 Å². The van der Waals surface area contributed by atoms with E-state index in [0.29, 0.717) is 54.8 Å². The van der Waals surface area contributed by atoms with Crippen LogP contribution in [0, 0.1) is 12.7 Å². The zero-order chi connectivity index (χ0) is 21.3. The van der Waals surface area contributed by atoms with Gasteiger partial charge in [-0.1, -0.05) is 54.1 Å². The summed E-state index contributed by atoms with van der Waals surface area (Å²) in [5, 5.41) is 3.93. The van der Waals surface area contributed by atoms with E-state index < -0.39 is 0 Å². The average molecular weight is 428 g/mol. The van der Waals surface area contributed by atoms with E-state index in [4.69, 9.17) is 21.1 Å². The highest BCUT2D eigenvalue weighted by molar-refractivity contribution is 6.31. The van der Waals surface area contributed by atoms with Gasteiger partial charge in [0, 0.05) is 17.6 Å². The lowest BCUT2D eigenvalue weighted by atomic mass is 10.1. The van der Waals surface area contributed by atoms with Crippen molar-refractivity contribution in [2.75, 3.05) is 13.2 Å². The summed E-state index contributed by atoms with van der Waals surface area (Å²) in [5.41, 5.74) is 3.91. The predicted octanol–water partition coefficient (Wildman–Crippen LogP) is 6.10. The molecule has 30 heavy (non-hydrogen) atoms. The van der Waals surface area contributed by atoms with Gasteiger partial charge in [-0.25, -0.2) is 4.39 Å². The smallest absolute Gasteiger partial charge is 0.163 e. The second-order valence-corrected chi connectivity index (χ2v) is 7.46. The number of rotatable bonds is 10. The molecular formula is C25H27ClFNO2. The van der Waals surface area contributed by atoms with Crippen LogP contribution in [0.15, 0.2) is 60.7 Å². The van der Waals surface area contributed by atoms with Crippen LogP contribution in [0.1, 0.15) is 29.2 Å². The highest BCUT2D eigenvalue weighted by Crippen LogP contribution is 2.34. The monoisotopic (exact) mass is 427 g/mol. The standard InChI is InChI=1S/C25H27ClFNO2/c1-3-29-24-14-21(16-28-13-12-19-9-6-7-11-23(19)27)22(26)15-25(24)30-17-20-10-5-4-8-18(20)2/h4-11,14-15,28H,3,12-13,16-17H2,1-2H3. The Morgan fingerprint density at radius 1 is 0.900 bits per heavy atom. The summed E-state index contributed by atoms with van der Waals surface area (Å²) in [6.07, 6.45) is 0.611. The molecular weight excluding hydrogens is 401 g/mol. The highest BCUT2D eigenvalue weighted by atomic mass is 35.5. The molecule has 0 aliphatic heterocycles. The molecule has 0 aromatic heterocycles. The van der Waals surface area contributed by atoms with Crippen molar-refractivity contribution in [2.24, 2.45) is 0 Å². The van der Waals surface area contributed by atoms with Gasteiger partial charge in [0.25, 0.3) is 0 Å². The van der Waals surface area contributed by atoms with Crippen LogP contribution in [0.4, 0.5) is 4.39 Å². The van der Waals surface area contributed by atoms with Gasteiger partial charge in [-0.05, 0) is 61.2 Å². The summed E-state index contributed by atoms with van der Waals surface area (Å²) in [5.74, 6) is 1.12. The number of hydrogen-bond acceptors (Lipinski definition) is 3. The van der Waals surface area contributed by atoms with Gasteiger partial charge in [0.1, 0.15) is 12.4 Å². The third-order valence-electron chi connectivity index (χ3n) is 4.90. The molecule has 0 unspecified atom stereocenters. The van der Waals surface area contributed by atoms with Crippen LogP contribution in [0.3, 0.4) is 0 Å². The van der Waals surface area contributed by atoms with Crippen molar-refractivity contribution in [3.8, 4) is 11.5 Å². The maximum absolute atomic E-state index is 13.7.